The van der Waals surface area contributed by atoms with E-state index in [1.165, 1.54) is 12.8 Å². The molecule has 0 aliphatic carbocycles. The molecule has 1 unspecified atom stereocenters. The third kappa shape index (κ3) is 7.50. The molecular weight excluding hydrogens is 316 g/mol. The zero-order valence-electron chi connectivity index (χ0n) is 16.8. The van der Waals surface area contributed by atoms with Crippen LogP contribution in [0.4, 0.5) is 0 Å². The molecule has 1 heterocycles. The number of methoxy groups -OCH3 is 1. The molecule has 1 aliphatic heterocycles. The Morgan fingerprint density at radius 1 is 1.28 bits per heavy atom. The van der Waals surface area contributed by atoms with Gasteiger partial charge >= 0.3 is 0 Å². The van der Waals surface area contributed by atoms with Gasteiger partial charge in [0.1, 0.15) is 0 Å². The van der Waals surface area contributed by atoms with Crippen LogP contribution in [0.3, 0.4) is 0 Å². The number of rotatable bonds is 12. The van der Waals surface area contributed by atoms with Gasteiger partial charge in [-0.2, -0.15) is 0 Å². The highest BCUT2D eigenvalue weighted by atomic mass is 16.5. The first kappa shape index (κ1) is 22.2. The molecule has 0 spiro atoms. The van der Waals surface area contributed by atoms with Crippen molar-refractivity contribution in [2.24, 2.45) is 10.4 Å². The molecule has 0 bridgehead atoms. The lowest BCUT2D eigenvalue weighted by atomic mass is 9.79. The van der Waals surface area contributed by atoms with Gasteiger partial charge in [0, 0.05) is 45.9 Å². The molecule has 148 valence electrons. The standard InChI is InChI=1S/C19H40N4O2/c1-5-19(6-2,10-13-24)16-22-18(20-7-3)21-15-17-9-8-11-23(17)12-14-25-4/h17,24H,5-16H2,1-4H3,(H2,20,21,22). The van der Waals surface area contributed by atoms with Gasteiger partial charge in [-0.25, -0.2) is 0 Å². The predicted octanol–water partition coefficient (Wildman–Crippen LogP) is 1.84. The molecule has 3 N–H and O–H groups in total. The van der Waals surface area contributed by atoms with E-state index >= 15 is 0 Å². The summed E-state index contributed by atoms with van der Waals surface area (Å²) < 4.78 is 5.22. The van der Waals surface area contributed by atoms with Crippen LogP contribution in [0.25, 0.3) is 0 Å². The number of ether oxygens (including phenoxy) is 1. The fourth-order valence-electron chi connectivity index (χ4n) is 3.58. The predicted molar refractivity (Wildman–Crippen MR) is 105 cm³/mol. The number of aliphatic imine (C=N–C) groups is 1. The van der Waals surface area contributed by atoms with Crippen molar-refractivity contribution in [3.05, 3.63) is 0 Å². The average Bonchev–Trinajstić information content (AvgIpc) is 3.08. The number of nitrogens with zero attached hydrogens (tertiary/aromatic N) is 2. The summed E-state index contributed by atoms with van der Waals surface area (Å²) >= 11 is 0. The topological polar surface area (TPSA) is 69.1 Å². The van der Waals surface area contributed by atoms with Crippen LogP contribution in [-0.2, 0) is 4.74 Å². The minimum absolute atomic E-state index is 0.106. The van der Waals surface area contributed by atoms with E-state index in [1.54, 1.807) is 7.11 Å². The molecule has 0 aromatic heterocycles. The van der Waals surface area contributed by atoms with Gasteiger partial charge in [0.15, 0.2) is 5.96 Å². The smallest absolute Gasteiger partial charge is 0.191 e. The average molecular weight is 357 g/mol. The molecule has 1 fully saturated rings. The van der Waals surface area contributed by atoms with Crippen molar-refractivity contribution in [3.63, 3.8) is 0 Å². The Bertz CT molecular complexity index is 372. The normalized spacial score (nSPS) is 19.4. The van der Waals surface area contributed by atoms with Crippen LogP contribution in [0.1, 0.15) is 52.9 Å². The fraction of sp³-hybridized carbons (Fsp3) is 0.947. The maximum atomic E-state index is 9.38. The summed E-state index contributed by atoms with van der Waals surface area (Å²) in [5.74, 6) is 0.894. The number of guanidine groups is 1. The van der Waals surface area contributed by atoms with Crippen LogP contribution >= 0.6 is 0 Å². The molecule has 1 rings (SSSR count). The number of aliphatic hydroxyl groups is 1. The van der Waals surface area contributed by atoms with E-state index in [0.29, 0.717) is 6.04 Å². The Morgan fingerprint density at radius 3 is 2.64 bits per heavy atom. The second kappa shape index (κ2) is 12.5. The van der Waals surface area contributed by atoms with Crippen molar-refractivity contribution in [2.45, 2.75) is 58.9 Å². The Morgan fingerprint density at radius 2 is 2.04 bits per heavy atom. The first-order valence-corrected chi connectivity index (χ1v) is 10.0. The minimum Gasteiger partial charge on any atom is -0.396 e. The largest absolute Gasteiger partial charge is 0.396 e. The quantitative estimate of drug-likeness (QED) is 0.368. The van der Waals surface area contributed by atoms with E-state index in [9.17, 15) is 5.11 Å². The van der Waals surface area contributed by atoms with Crippen LogP contribution in [0, 0.1) is 5.41 Å². The fourth-order valence-corrected chi connectivity index (χ4v) is 3.58. The van der Waals surface area contributed by atoms with Crippen LogP contribution in [0.15, 0.2) is 4.99 Å². The molecule has 0 aromatic rings. The molecule has 1 saturated heterocycles. The molecular formula is C19H40N4O2. The van der Waals surface area contributed by atoms with Crippen LogP contribution in [-0.4, -0.2) is 75.1 Å². The van der Waals surface area contributed by atoms with Gasteiger partial charge in [0.2, 0.25) is 0 Å². The summed E-state index contributed by atoms with van der Waals surface area (Å²) in [7, 11) is 1.76. The van der Waals surface area contributed by atoms with Crippen molar-refractivity contribution in [1.82, 2.24) is 15.5 Å². The molecule has 0 amide bonds. The third-order valence-electron chi connectivity index (χ3n) is 5.65. The maximum absolute atomic E-state index is 9.38. The van der Waals surface area contributed by atoms with E-state index in [0.717, 1.165) is 64.6 Å². The monoisotopic (exact) mass is 356 g/mol. The van der Waals surface area contributed by atoms with Crippen molar-refractivity contribution in [1.29, 1.82) is 0 Å². The van der Waals surface area contributed by atoms with E-state index in [1.807, 2.05) is 0 Å². The highest BCUT2D eigenvalue weighted by Crippen LogP contribution is 2.30. The van der Waals surface area contributed by atoms with Gasteiger partial charge < -0.3 is 20.5 Å². The number of nitrogens with one attached hydrogen (secondary N) is 2. The van der Waals surface area contributed by atoms with E-state index in [-0.39, 0.29) is 12.0 Å². The van der Waals surface area contributed by atoms with Crippen molar-refractivity contribution in [3.8, 4) is 0 Å². The van der Waals surface area contributed by atoms with Crippen molar-refractivity contribution in [2.75, 3.05) is 53.0 Å². The number of likely N-dealkylation sites (tertiary alicyclic amines) is 1. The second-order valence-corrected chi connectivity index (χ2v) is 7.08. The van der Waals surface area contributed by atoms with E-state index in [4.69, 9.17) is 9.73 Å². The maximum Gasteiger partial charge on any atom is 0.191 e. The number of hydrogen-bond donors (Lipinski definition) is 3. The lowest BCUT2D eigenvalue weighted by Gasteiger charge is -2.30. The highest BCUT2D eigenvalue weighted by molar-refractivity contribution is 5.79. The van der Waals surface area contributed by atoms with Gasteiger partial charge in [-0.05, 0) is 51.0 Å². The Hall–Kier alpha value is -0.850. The van der Waals surface area contributed by atoms with Gasteiger partial charge in [-0.3, -0.25) is 9.89 Å². The molecule has 0 aromatic carbocycles. The SMILES string of the molecule is CCNC(=NCC(CC)(CC)CCO)NCC1CCCN1CCOC. The van der Waals surface area contributed by atoms with Gasteiger partial charge in [0.05, 0.1) is 6.61 Å². The molecule has 0 saturated carbocycles. The van der Waals surface area contributed by atoms with E-state index < -0.39 is 0 Å². The summed E-state index contributed by atoms with van der Waals surface area (Å²) in [4.78, 5) is 7.34. The zero-order valence-corrected chi connectivity index (χ0v) is 16.8. The Labute approximate surface area is 154 Å². The van der Waals surface area contributed by atoms with Crippen molar-refractivity contribution >= 4 is 5.96 Å². The number of hydrogen-bond acceptors (Lipinski definition) is 4. The van der Waals surface area contributed by atoms with Gasteiger partial charge in [0.25, 0.3) is 0 Å². The molecule has 6 nitrogen and oxygen atoms in total. The van der Waals surface area contributed by atoms with Crippen LogP contribution in [0.5, 0.6) is 0 Å². The number of aliphatic hydroxyl groups excluding tert-OH is 1. The lowest BCUT2D eigenvalue weighted by molar-refractivity contribution is 0.141. The van der Waals surface area contributed by atoms with Gasteiger partial charge in [-0.15, -0.1) is 0 Å². The minimum atomic E-state index is 0.106. The molecule has 1 aliphatic rings. The third-order valence-corrected chi connectivity index (χ3v) is 5.65. The molecule has 6 heteroatoms. The molecule has 0 radical (unpaired) electrons. The van der Waals surface area contributed by atoms with Gasteiger partial charge in [-0.1, -0.05) is 13.8 Å². The first-order valence-electron chi connectivity index (χ1n) is 10.0. The Kier molecular flexibility index (Phi) is 11.1. The van der Waals surface area contributed by atoms with Crippen LogP contribution < -0.4 is 10.6 Å². The molecule has 25 heavy (non-hydrogen) atoms. The molecule has 1 atom stereocenters. The lowest BCUT2D eigenvalue weighted by Crippen LogP contribution is -2.46. The Balaban J connectivity index is 2.60. The summed E-state index contributed by atoms with van der Waals surface area (Å²) in [6, 6.07) is 0.554. The second-order valence-electron chi connectivity index (χ2n) is 7.08. The van der Waals surface area contributed by atoms with E-state index in [2.05, 4.69) is 36.3 Å². The van der Waals surface area contributed by atoms with Crippen LogP contribution in [0.2, 0.25) is 0 Å². The summed E-state index contributed by atoms with van der Waals surface area (Å²) in [5, 5.41) is 16.3. The van der Waals surface area contributed by atoms with Crippen molar-refractivity contribution < 1.29 is 9.84 Å². The zero-order chi connectivity index (χ0) is 18.5. The summed E-state index contributed by atoms with van der Waals surface area (Å²) in [5.41, 5.74) is 0.106. The first-order chi connectivity index (χ1) is 12.1. The highest BCUT2D eigenvalue weighted by Gasteiger charge is 2.26. The summed E-state index contributed by atoms with van der Waals surface area (Å²) in [6.07, 6.45) is 5.39. The summed E-state index contributed by atoms with van der Waals surface area (Å²) in [6.45, 7) is 12.2.